The lowest BCUT2D eigenvalue weighted by molar-refractivity contribution is 0.120. The Hall–Kier alpha value is -0.590. The normalized spacial score (nSPS) is 17.5. The van der Waals surface area contributed by atoms with E-state index in [-0.39, 0.29) is 0 Å². The number of halogens is 2. The van der Waals surface area contributed by atoms with Crippen LogP contribution in [0.3, 0.4) is 0 Å². The second kappa shape index (κ2) is 6.67. The maximum absolute atomic E-state index is 6.03. The van der Waals surface area contributed by atoms with Crippen molar-refractivity contribution < 1.29 is 0 Å². The minimum Gasteiger partial charge on any atom is -0.321 e. The van der Waals surface area contributed by atoms with Gasteiger partial charge in [0.25, 0.3) is 0 Å². The number of nitrogens with zero attached hydrogens (tertiary/aromatic N) is 4. The van der Waals surface area contributed by atoms with Gasteiger partial charge in [0.05, 0.1) is 17.1 Å². The van der Waals surface area contributed by atoms with Crippen LogP contribution in [0.4, 0.5) is 0 Å². The van der Waals surface area contributed by atoms with Crippen molar-refractivity contribution in [3.05, 3.63) is 38.5 Å². The van der Waals surface area contributed by atoms with Crippen LogP contribution in [0.2, 0.25) is 9.49 Å². The third kappa shape index (κ3) is 3.79. The third-order valence-corrected chi connectivity index (χ3v) is 5.43. The molecule has 0 radical (unpaired) electrons. The van der Waals surface area contributed by atoms with E-state index in [4.69, 9.17) is 23.2 Å². The Morgan fingerprint density at radius 1 is 1.10 bits per heavy atom. The Morgan fingerprint density at radius 2 is 1.76 bits per heavy atom. The van der Waals surface area contributed by atoms with Crippen molar-refractivity contribution in [2.45, 2.75) is 13.1 Å². The van der Waals surface area contributed by atoms with Crippen LogP contribution in [0.5, 0.6) is 0 Å². The number of piperazine rings is 1. The van der Waals surface area contributed by atoms with E-state index in [1.165, 1.54) is 4.88 Å². The smallest absolute Gasteiger partial charge is 0.128 e. The number of hydrogen-bond donors (Lipinski definition) is 0. The number of imidazole rings is 1. The van der Waals surface area contributed by atoms with E-state index in [1.807, 2.05) is 17.7 Å². The molecule has 1 aliphatic rings. The van der Waals surface area contributed by atoms with Gasteiger partial charge in [0.1, 0.15) is 11.0 Å². The van der Waals surface area contributed by atoms with Gasteiger partial charge in [-0.1, -0.05) is 23.2 Å². The molecule has 0 N–H and O–H groups in total. The highest BCUT2D eigenvalue weighted by Gasteiger charge is 2.19. The SMILES string of the molecule is Cn1c(Cl)cnc1CN1CCN(Cc2ccc(Cl)s2)CC1. The molecule has 114 valence electrons. The van der Waals surface area contributed by atoms with E-state index in [0.29, 0.717) is 5.15 Å². The average molecular weight is 345 g/mol. The van der Waals surface area contributed by atoms with Crippen molar-refractivity contribution in [1.82, 2.24) is 19.4 Å². The van der Waals surface area contributed by atoms with Crippen molar-refractivity contribution in [2.75, 3.05) is 26.2 Å². The summed E-state index contributed by atoms with van der Waals surface area (Å²) in [6.07, 6.45) is 1.72. The van der Waals surface area contributed by atoms with Gasteiger partial charge in [-0.15, -0.1) is 11.3 Å². The average Bonchev–Trinajstić information content (AvgIpc) is 3.01. The van der Waals surface area contributed by atoms with Crippen molar-refractivity contribution in [2.24, 2.45) is 7.05 Å². The molecule has 3 rings (SSSR count). The van der Waals surface area contributed by atoms with Gasteiger partial charge >= 0.3 is 0 Å². The quantitative estimate of drug-likeness (QED) is 0.851. The summed E-state index contributed by atoms with van der Waals surface area (Å²) in [5.74, 6) is 1.03. The molecule has 0 aromatic carbocycles. The minimum atomic E-state index is 0.693. The first-order chi connectivity index (χ1) is 10.1. The van der Waals surface area contributed by atoms with Crippen LogP contribution in [0.15, 0.2) is 18.3 Å². The Morgan fingerprint density at radius 3 is 2.29 bits per heavy atom. The second-order valence-electron chi connectivity index (χ2n) is 5.31. The summed E-state index contributed by atoms with van der Waals surface area (Å²) >= 11 is 13.7. The summed E-state index contributed by atoms with van der Waals surface area (Å²) in [5.41, 5.74) is 0. The fraction of sp³-hybridized carbons (Fsp3) is 0.500. The molecule has 0 unspecified atom stereocenters. The van der Waals surface area contributed by atoms with Gasteiger partial charge in [-0.05, 0) is 12.1 Å². The summed E-state index contributed by atoms with van der Waals surface area (Å²) in [4.78, 5) is 10.6. The molecule has 0 bridgehead atoms. The first-order valence-electron chi connectivity index (χ1n) is 6.97. The molecule has 21 heavy (non-hydrogen) atoms. The molecule has 7 heteroatoms. The molecule has 0 saturated carbocycles. The van der Waals surface area contributed by atoms with Crippen LogP contribution in [0.1, 0.15) is 10.7 Å². The molecule has 0 spiro atoms. The first-order valence-corrected chi connectivity index (χ1v) is 8.54. The van der Waals surface area contributed by atoms with Gasteiger partial charge in [0.2, 0.25) is 0 Å². The zero-order valence-corrected chi connectivity index (χ0v) is 14.3. The van der Waals surface area contributed by atoms with E-state index >= 15 is 0 Å². The van der Waals surface area contributed by atoms with Crippen LogP contribution in [-0.4, -0.2) is 45.5 Å². The molecule has 2 aromatic heterocycles. The maximum Gasteiger partial charge on any atom is 0.128 e. The first kappa shape index (κ1) is 15.3. The van der Waals surface area contributed by atoms with E-state index in [0.717, 1.165) is 49.4 Å². The Kier molecular flexibility index (Phi) is 4.86. The largest absolute Gasteiger partial charge is 0.321 e. The molecular formula is C14H18Cl2N4S. The van der Waals surface area contributed by atoms with Gasteiger partial charge in [0.15, 0.2) is 0 Å². The highest BCUT2D eigenvalue weighted by Crippen LogP contribution is 2.23. The molecule has 3 heterocycles. The topological polar surface area (TPSA) is 24.3 Å². The lowest BCUT2D eigenvalue weighted by Gasteiger charge is -2.34. The highest BCUT2D eigenvalue weighted by molar-refractivity contribution is 7.16. The lowest BCUT2D eigenvalue weighted by Crippen LogP contribution is -2.45. The molecule has 1 aliphatic heterocycles. The Bertz CT molecular complexity index is 602. The molecule has 2 aromatic rings. The van der Waals surface area contributed by atoms with Crippen molar-refractivity contribution in [1.29, 1.82) is 0 Å². The number of rotatable bonds is 4. The summed E-state index contributed by atoms with van der Waals surface area (Å²) in [6.45, 7) is 6.13. The van der Waals surface area contributed by atoms with Crippen LogP contribution in [-0.2, 0) is 20.1 Å². The van der Waals surface area contributed by atoms with Gasteiger partial charge in [0, 0.05) is 44.6 Å². The number of hydrogen-bond acceptors (Lipinski definition) is 4. The Labute approximate surface area is 138 Å². The van der Waals surface area contributed by atoms with E-state index in [1.54, 1.807) is 17.5 Å². The molecule has 4 nitrogen and oxygen atoms in total. The predicted octanol–water partition coefficient (Wildman–Crippen LogP) is 3.11. The monoisotopic (exact) mass is 344 g/mol. The Balaban J connectivity index is 1.50. The molecule has 0 amide bonds. The molecule has 1 fully saturated rings. The van der Waals surface area contributed by atoms with Crippen molar-refractivity contribution in [3.63, 3.8) is 0 Å². The lowest BCUT2D eigenvalue weighted by atomic mass is 10.3. The van der Waals surface area contributed by atoms with Gasteiger partial charge in [-0.25, -0.2) is 4.98 Å². The molecule has 1 saturated heterocycles. The summed E-state index contributed by atoms with van der Waals surface area (Å²) in [5, 5.41) is 0.693. The highest BCUT2D eigenvalue weighted by atomic mass is 35.5. The zero-order chi connectivity index (χ0) is 14.8. The molecule has 0 atom stereocenters. The summed E-state index contributed by atoms with van der Waals surface area (Å²) in [6, 6.07) is 4.10. The number of thiophene rings is 1. The predicted molar refractivity (Wildman–Crippen MR) is 88.1 cm³/mol. The van der Waals surface area contributed by atoms with Gasteiger partial charge in [-0.2, -0.15) is 0 Å². The summed E-state index contributed by atoms with van der Waals surface area (Å²) < 4.78 is 2.82. The van der Waals surface area contributed by atoms with E-state index in [9.17, 15) is 0 Å². The fourth-order valence-corrected chi connectivity index (χ4v) is 3.81. The van der Waals surface area contributed by atoms with Crippen molar-refractivity contribution in [3.8, 4) is 0 Å². The second-order valence-corrected chi connectivity index (χ2v) is 7.50. The molecule has 0 aliphatic carbocycles. The summed E-state index contributed by atoms with van der Waals surface area (Å²) in [7, 11) is 1.96. The van der Waals surface area contributed by atoms with Crippen LogP contribution < -0.4 is 0 Å². The molecular weight excluding hydrogens is 327 g/mol. The zero-order valence-electron chi connectivity index (χ0n) is 11.9. The van der Waals surface area contributed by atoms with Crippen LogP contribution in [0.25, 0.3) is 0 Å². The van der Waals surface area contributed by atoms with E-state index in [2.05, 4.69) is 20.9 Å². The minimum absolute atomic E-state index is 0.693. The number of aromatic nitrogens is 2. The van der Waals surface area contributed by atoms with E-state index < -0.39 is 0 Å². The third-order valence-electron chi connectivity index (χ3n) is 3.87. The van der Waals surface area contributed by atoms with Gasteiger partial charge in [-0.3, -0.25) is 9.80 Å². The standard InChI is InChI=1S/C14H18Cl2N4S/c1-18-12(15)8-17-14(18)10-20-6-4-19(5-7-20)9-11-2-3-13(16)21-11/h2-3,8H,4-7,9-10H2,1H3. The fourth-order valence-electron chi connectivity index (χ4n) is 2.53. The van der Waals surface area contributed by atoms with Crippen LogP contribution in [0, 0.1) is 0 Å². The van der Waals surface area contributed by atoms with Crippen molar-refractivity contribution >= 4 is 34.5 Å². The maximum atomic E-state index is 6.03. The van der Waals surface area contributed by atoms with Gasteiger partial charge < -0.3 is 4.57 Å². The van der Waals surface area contributed by atoms with Crippen LogP contribution >= 0.6 is 34.5 Å².